The number of rotatable bonds is 7. The summed E-state index contributed by atoms with van der Waals surface area (Å²) in [7, 11) is -6.13. The molecule has 0 saturated heterocycles. The van der Waals surface area contributed by atoms with Crippen LogP contribution in [0.1, 0.15) is 0 Å². The van der Waals surface area contributed by atoms with Gasteiger partial charge in [0.2, 0.25) is 10.0 Å². The Kier molecular flexibility index (Phi) is 5.81. The summed E-state index contributed by atoms with van der Waals surface area (Å²) in [5, 5.41) is 6.06. The largest absolute Gasteiger partial charge is 0.340 e. The van der Waals surface area contributed by atoms with Crippen LogP contribution in [0, 0.1) is 0 Å². The second-order valence-electron chi connectivity index (χ2n) is 6.71. The van der Waals surface area contributed by atoms with Gasteiger partial charge in [-0.1, -0.05) is 0 Å². The first-order valence-electron chi connectivity index (χ1n) is 9.13. The van der Waals surface area contributed by atoms with Gasteiger partial charge in [0.15, 0.2) is 9.84 Å². The number of thiazole rings is 1. The fourth-order valence-corrected chi connectivity index (χ4v) is 5.22. The molecule has 10 nitrogen and oxygen atoms in total. The molecule has 32 heavy (non-hydrogen) atoms. The predicted molar refractivity (Wildman–Crippen MR) is 124 cm³/mol. The molecule has 2 aromatic heterocycles. The van der Waals surface area contributed by atoms with E-state index in [2.05, 4.69) is 30.3 Å². The molecule has 0 aliphatic rings. The summed E-state index contributed by atoms with van der Waals surface area (Å²) in [6.45, 7) is 0. The highest BCUT2D eigenvalue weighted by Crippen LogP contribution is 2.29. The molecular formula is C19H18N6O4S3. The fraction of sp³-hybridized carbons (Fsp3) is 0.105. The fourth-order valence-electron chi connectivity index (χ4n) is 2.93. The maximum absolute atomic E-state index is 12.2. The summed E-state index contributed by atoms with van der Waals surface area (Å²) in [6, 6.07) is 11.0. The van der Waals surface area contributed by atoms with Gasteiger partial charge < -0.3 is 10.6 Å². The van der Waals surface area contributed by atoms with Crippen molar-refractivity contribution < 1.29 is 16.8 Å². The Hall–Kier alpha value is -3.13. The van der Waals surface area contributed by atoms with Crippen molar-refractivity contribution in [2.75, 3.05) is 23.9 Å². The Labute approximate surface area is 188 Å². The van der Waals surface area contributed by atoms with Crippen LogP contribution in [-0.4, -0.2) is 45.1 Å². The molecule has 3 N–H and O–H groups in total. The van der Waals surface area contributed by atoms with Gasteiger partial charge in [-0.3, -0.25) is 0 Å². The third-order valence-electron chi connectivity index (χ3n) is 4.46. The van der Waals surface area contributed by atoms with Crippen molar-refractivity contribution in [1.82, 2.24) is 19.7 Å². The standard InChI is InChI=1S/C19H18N6O4S3/c1-20-32(28,29)13-4-6-17(31(2,26)27)15(8-13)25-19-9-18(21-10-22-19)24-12-3-5-14-16(7-12)30-11-23-14/h3-11,20H,1-2H3,(H2,21,22,24,25). The molecule has 0 aliphatic carbocycles. The first kappa shape index (κ1) is 22.1. The van der Waals surface area contributed by atoms with E-state index >= 15 is 0 Å². The highest BCUT2D eigenvalue weighted by Gasteiger charge is 2.19. The van der Waals surface area contributed by atoms with E-state index in [0.29, 0.717) is 5.82 Å². The Balaban J connectivity index is 1.67. The lowest BCUT2D eigenvalue weighted by Gasteiger charge is -2.13. The molecule has 2 aromatic carbocycles. The van der Waals surface area contributed by atoms with Gasteiger partial charge in [0, 0.05) is 18.0 Å². The van der Waals surface area contributed by atoms with Crippen molar-refractivity contribution in [1.29, 1.82) is 0 Å². The Morgan fingerprint density at radius 3 is 2.34 bits per heavy atom. The highest BCUT2D eigenvalue weighted by molar-refractivity contribution is 7.91. The average Bonchev–Trinajstić information content (AvgIpc) is 3.21. The van der Waals surface area contributed by atoms with Gasteiger partial charge in [0.05, 0.1) is 31.2 Å². The SMILES string of the molecule is CNS(=O)(=O)c1ccc(S(C)(=O)=O)c(Nc2cc(Nc3ccc4ncsc4c3)ncn2)c1. The third kappa shape index (κ3) is 4.70. The maximum Gasteiger partial charge on any atom is 0.240 e. The van der Waals surface area contributed by atoms with Crippen molar-refractivity contribution in [2.45, 2.75) is 9.79 Å². The molecule has 0 fully saturated rings. The number of aromatic nitrogens is 3. The van der Waals surface area contributed by atoms with E-state index in [1.165, 1.54) is 42.9 Å². The van der Waals surface area contributed by atoms with Gasteiger partial charge in [-0.05, 0) is 43.4 Å². The van der Waals surface area contributed by atoms with Crippen molar-refractivity contribution in [2.24, 2.45) is 0 Å². The topological polar surface area (TPSA) is 143 Å². The molecule has 0 saturated carbocycles. The zero-order chi connectivity index (χ0) is 22.9. The van der Waals surface area contributed by atoms with E-state index in [-0.39, 0.29) is 21.3 Å². The van der Waals surface area contributed by atoms with Gasteiger partial charge >= 0.3 is 0 Å². The second kappa shape index (κ2) is 8.43. The summed E-state index contributed by atoms with van der Waals surface area (Å²) in [5.74, 6) is 0.747. The van der Waals surface area contributed by atoms with E-state index in [1.807, 2.05) is 18.2 Å². The van der Waals surface area contributed by atoms with Crippen LogP contribution in [0.5, 0.6) is 0 Å². The molecule has 0 spiro atoms. The summed E-state index contributed by atoms with van der Waals surface area (Å²) in [6.07, 6.45) is 2.35. The van der Waals surface area contributed by atoms with E-state index in [4.69, 9.17) is 0 Å². The van der Waals surface area contributed by atoms with Gasteiger partial charge in [-0.15, -0.1) is 11.3 Å². The molecule has 4 aromatic rings. The average molecular weight is 491 g/mol. The number of fused-ring (bicyclic) bond motifs is 1. The van der Waals surface area contributed by atoms with Crippen molar-refractivity contribution in [3.8, 4) is 0 Å². The van der Waals surface area contributed by atoms with Crippen LogP contribution in [0.25, 0.3) is 10.2 Å². The number of nitrogens with zero attached hydrogens (tertiary/aromatic N) is 3. The molecule has 4 rings (SSSR count). The number of hydrogen-bond acceptors (Lipinski definition) is 10. The molecule has 0 unspecified atom stereocenters. The van der Waals surface area contributed by atoms with Crippen molar-refractivity contribution >= 4 is 64.4 Å². The number of benzene rings is 2. The van der Waals surface area contributed by atoms with Gasteiger partial charge in [-0.2, -0.15) is 0 Å². The molecule has 0 atom stereocenters. The monoisotopic (exact) mass is 490 g/mol. The third-order valence-corrected chi connectivity index (χ3v) is 7.82. The van der Waals surface area contributed by atoms with Crippen LogP contribution in [0.2, 0.25) is 0 Å². The minimum absolute atomic E-state index is 0.0590. The predicted octanol–water partition coefficient (Wildman–Crippen LogP) is 2.89. The van der Waals surface area contributed by atoms with Crippen LogP contribution in [0.3, 0.4) is 0 Å². The summed E-state index contributed by atoms with van der Waals surface area (Å²) >= 11 is 1.52. The molecular weight excluding hydrogens is 472 g/mol. The van der Waals surface area contributed by atoms with Gasteiger partial charge in [0.25, 0.3) is 0 Å². The quantitative estimate of drug-likeness (QED) is 0.356. The minimum Gasteiger partial charge on any atom is -0.340 e. The summed E-state index contributed by atoms with van der Waals surface area (Å²) in [5.41, 5.74) is 3.54. The minimum atomic E-state index is -3.77. The molecule has 0 amide bonds. The van der Waals surface area contributed by atoms with Crippen LogP contribution in [0.15, 0.2) is 64.1 Å². The van der Waals surface area contributed by atoms with E-state index in [9.17, 15) is 16.8 Å². The molecule has 0 radical (unpaired) electrons. The zero-order valence-electron chi connectivity index (χ0n) is 16.9. The number of sulfonamides is 1. The second-order valence-corrected chi connectivity index (χ2v) is 11.5. The first-order chi connectivity index (χ1) is 15.2. The number of sulfone groups is 1. The first-order valence-corrected chi connectivity index (χ1v) is 13.4. The summed E-state index contributed by atoms with van der Waals surface area (Å²) < 4.78 is 52.0. The van der Waals surface area contributed by atoms with Crippen LogP contribution in [-0.2, 0) is 19.9 Å². The molecule has 0 aliphatic heterocycles. The molecule has 13 heteroatoms. The lowest BCUT2D eigenvalue weighted by molar-refractivity contribution is 0.587. The smallest absolute Gasteiger partial charge is 0.240 e. The van der Waals surface area contributed by atoms with Gasteiger partial charge in [-0.25, -0.2) is 36.5 Å². The normalized spacial score (nSPS) is 12.1. The molecule has 0 bridgehead atoms. The lowest BCUT2D eigenvalue weighted by Crippen LogP contribution is -2.19. The van der Waals surface area contributed by atoms with Crippen LogP contribution >= 0.6 is 11.3 Å². The van der Waals surface area contributed by atoms with Crippen LogP contribution in [0.4, 0.5) is 23.0 Å². The van der Waals surface area contributed by atoms with Crippen molar-refractivity contribution in [3.05, 3.63) is 54.3 Å². The lowest BCUT2D eigenvalue weighted by atomic mass is 10.3. The number of nitrogens with one attached hydrogen (secondary N) is 3. The molecule has 166 valence electrons. The van der Waals surface area contributed by atoms with E-state index < -0.39 is 19.9 Å². The Bertz CT molecular complexity index is 1520. The highest BCUT2D eigenvalue weighted by atomic mass is 32.2. The van der Waals surface area contributed by atoms with E-state index in [0.717, 1.165) is 22.2 Å². The van der Waals surface area contributed by atoms with Crippen LogP contribution < -0.4 is 15.4 Å². The number of anilines is 4. The molecule has 2 heterocycles. The van der Waals surface area contributed by atoms with E-state index in [1.54, 1.807) is 11.6 Å². The zero-order valence-corrected chi connectivity index (χ0v) is 19.3. The number of hydrogen-bond donors (Lipinski definition) is 3. The maximum atomic E-state index is 12.2. The Morgan fingerprint density at radius 2 is 1.62 bits per heavy atom. The van der Waals surface area contributed by atoms with Crippen molar-refractivity contribution in [3.63, 3.8) is 0 Å². The summed E-state index contributed by atoms with van der Waals surface area (Å²) in [4.78, 5) is 12.4. The van der Waals surface area contributed by atoms with Gasteiger partial charge in [0.1, 0.15) is 18.0 Å². The Morgan fingerprint density at radius 1 is 0.875 bits per heavy atom.